The third-order valence-electron chi connectivity index (χ3n) is 4.29. The van der Waals surface area contributed by atoms with Crippen molar-refractivity contribution in [3.05, 3.63) is 71.3 Å². The summed E-state index contributed by atoms with van der Waals surface area (Å²) in [7, 11) is 0. The number of unbranched alkanes of at least 4 members (excludes halogenated alkanes) is 1. The highest BCUT2D eigenvalue weighted by Gasteiger charge is 2.16. The van der Waals surface area contributed by atoms with Crippen LogP contribution in [-0.4, -0.2) is 24.0 Å². The number of hydrogen-bond donors (Lipinski definition) is 1. The summed E-state index contributed by atoms with van der Waals surface area (Å²) < 4.78 is 0.531. The highest BCUT2D eigenvalue weighted by atomic mass is 32.2. The number of carbonyl (C=O) groups is 1. The second kappa shape index (κ2) is 9.93. The van der Waals surface area contributed by atoms with Gasteiger partial charge in [-0.3, -0.25) is 4.79 Å². The molecule has 0 aromatic heterocycles. The second-order valence-corrected chi connectivity index (χ2v) is 8.97. The number of thioether (sulfide) groups is 2. The SMILES string of the molecule is O=C(NCCCCc1ccccc1)c1ccc(C2SCCCS2)cc1. The van der Waals surface area contributed by atoms with Crippen LogP contribution in [0.25, 0.3) is 0 Å². The molecule has 132 valence electrons. The summed E-state index contributed by atoms with van der Waals surface area (Å²) in [6, 6.07) is 18.7. The van der Waals surface area contributed by atoms with E-state index >= 15 is 0 Å². The Kier molecular flexibility index (Phi) is 7.31. The molecule has 4 heteroatoms. The van der Waals surface area contributed by atoms with E-state index in [0.29, 0.717) is 4.58 Å². The summed E-state index contributed by atoms with van der Waals surface area (Å²) in [6.45, 7) is 0.738. The Morgan fingerprint density at radius 2 is 1.68 bits per heavy atom. The Hall–Kier alpha value is -1.39. The first-order chi connectivity index (χ1) is 12.3. The Labute approximate surface area is 159 Å². The Morgan fingerprint density at radius 3 is 2.40 bits per heavy atom. The number of hydrogen-bond acceptors (Lipinski definition) is 3. The van der Waals surface area contributed by atoms with Gasteiger partial charge in [-0.05, 0) is 60.4 Å². The van der Waals surface area contributed by atoms with Crippen LogP contribution in [0.1, 0.15) is 45.3 Å². The first kappa shape index (κ1) is 18.4. The van der Waals surface area contributed by atoms with Crippen molar-refractivity contribution in [2.24, 2.45) is 0 Å². The summed E-state index contributed by atoms with van der Waals surface area (Å²) in [5.74, 6) is 2.52. The fraction of sp³-hybridized carbons (Fsp3) is 0.381. The number of amides is 1. The molecule has 2 nitrogen and oxygen atoms in total. The molecule has 25 heavy (non-hydrogen) atoms. The fourth-order valence-electron chi connectivity index (χ4n) is 2.87. The molecule has 0 atom stereocenters. The molecule has 1 aliphatic rings. The van der Waals surface area contributed by atoms with E-state index in [-0.39, 0.29) is 5.91 Å². The number of benzene rings is 2. The van der Waals surface area contributed by atoms with Gasteiger partial charge in [-0.1, -0.05) is 42.5 Å². The molecule has 1 N–H and O–H groups in total. The van der Waals surface area contributed by atoms with Gasteiger partial charge >= 0.3 is 0 Å². The van der Waals surface area contributed by atoms with E-state index in [1.165, 1.54) is 29.1 Å². The molecule has 1 aliphatic heterocycles. The van der Waals surface area contributed by atoms with Gasteiger partial charge in [0.05, 0.1) is 4.58 Å². The Bertz CT molecular complexity index is 651. The third kappa shape index (κ3) is 5.82. The van der Waals surface area contributed by atoms with Gasteiger partial charge in [-0.25, -0.2) is 0 Å². The monoisotopic (exact) mass is 371 g/mol. The lowest BCUT2D eigenvalue weighted by Crippen LogP contribution is -2.24. The van der Waals surface area contributed by atoms with Gasteiger partial charge in [0.15, 0.2) is 0 Å². The van der Waals surface area contributed by atoms with Crippen molar-refractivity contribution in [2.45, 2.75) is 30.3 Å². The molecule has 3 rings (SSSR count). The predicted octanol–water partition coefficient (Wildman–Crippen LogP) is 5.31. The van der Waals surface area contributed by atoms with Crippen LogP contribution in [0.2, 0.25) is 0 Å². The molecule has 0 unspecified atom stereocenters. The maximum atomic E-state index is 12.2. The number of aryl methyl sites for hydroxylation is 1. The van der Waals surface area contributed by atoms with Crippen molar-refractivity contribution in [2.75, 3.05) is 18.1 Å². The van der Waals surface area contributed by atoms with Crippen LogP contribution < -0.4 is 5.32 Å². The topological polar surface area (TPSA) is 29.1 Å². The minimum atomic E-state index is 0.0372. The normalized spacial score (nSPS) is 15.0. The lowest BCUT2D eigenvalue weighted by atomic mass is 10.1. The van der Waals surface area contributed by atoms with Gasteiger partial charge < -0.3 is 5.32 Å². The zero-order chi connectivity index (χ0) is 17.3. The Balaban J connectivity index is 1.39. The van der Waals surface area contributed by atoms with Gasteiger partial charge in [0.25, 0.3) is 5.91 Å². The largest absolute Gasteiger partial charge is 0.352 e. The van der Waals surface area contributed by atoms with Gasteiger partial charge in [0.1, 0.15) is 0 Å². The lowest BCUT2D eigenvalue weighted by Gasteiger charge is -2.21. The van der Waals surface area contributed by atoms with Crippen molar-refractivity contribution < 1.29 is 4.79 Å². The van der Waals surface area contributed by atoms with Crippen molar-refractivity contribution in [3.8, 4) is 0 Å². The smallest absolute Gasteiger partial charge is 0.251 e. The van der Waals surface area contributed by atoms with Crippen LogP contribution in [0.5, 0.6) is 0 Å². The average Bonchev–Trinajstić information content (AvgIpc) is 2.69. The molecule has 0 bridgehead atoms. The van der Waals surface area contributed by atoms with Crippen LogP contribution in [0, 0.1) is 0 Å². The summed E-state index contributed by atoms with van der Waals surface area (Å²) in [6.07, 6.45) is 4.48. The van der Waals surface area contributed by atoms with E-state index < -0.39 is 0 Å². The molecule has 2 aromatic carbocycles. The van der Waals surface area contributed by atoms with E-state index in [9.17, 15) is 4.79 Å². The molecular formula is C21H25NOS2. The standard InChI is InChI=1S/C21H25NOS2/c23-20(22-14-5-4-9-17-7-2-1-3-8-17)18-10-12-19(13-11-18)21-24-15-6-16-25-21/h1-3,7-8,10-13,21H,4-6,9,14-16H2,(H,22,23). The predicted molar refractivity (Wildman–Crippen MR) is 110 cm³/mol. The van der Waals surface area contributed by atoms with Crippen molar-refractivity contribution in [1.29, 1.82) is 0 Å². The minimum Gasteiger partial charge on any atom is -0.352 e. The molecule has 1 amide bonds. The van der Waals surface area contributed by atoms with Crippen LogP contribution in [-0.2, 0) is 6.42 Å². The van der Waals surface area contributed by atoms with Crippen LogP contribution in [0.15, 0.2) is 54.6 Å². The van der Waals surface area contributed by atoms with Gasteiger partial charge in [-0.2, -0.15) is 0 Å². The molecule has 1 fully saturated rings. The van der Waals surface area contributed by atoms with Crippen molar-refractivity contribution in [3.63, 3.8) is 0 Å². The Morgan fingerprint density at radius 1 is 0.960 bits per heavy atom. The number of rotatable bonds is 7. The van der Waals surface area contributed by atoms with E-state index in [1.54, 1.807) is 0 Å². The summed E-state index contributed by atoms with van der Waals surface area (Å²) in [5, 5.41) is 3.03. The molecule has 1 heterocycles. The van der Waals surface area contributed by atoms with E-state index in [1.807, 2.05) is 41.7 Å². The lowest BCUT2D eigenvalue weighted by molar-refractivity contribution is 0.0953. The minimum absolute atomic E-state index is 0.0372. The summed E-state index contributed by atoms with van der Waals surface area (Å²) >= 11 is 4.02. The molecule has 0 spiro atoms. The van der Waals surface area contributed by atoms with E-state index in [0.717, 1.165) is 31.4 Å². The van der Waals surface area contributed by atoms with Crippen LogP contribution in [0.4, 0.5) is 0 Å². The van der Waals surface area contributed by atoms with Crippen molar-refractivity contribution >= 4 is 29.4 Å². The molecule has 1 saturated heterocycles. The highest BCUT2D eigenvalue weighted by molar-refractivity contribution is 8.16. The van der Waals surface area contributed by atoms with Crippen LogP contribution >= 0.6 is 23.5 Å². The average molecular weight is 372 g/mol. The third-order valence-corrected chi connectivity index (χ3v) is 7.31. The molecule has 2 aromatic rings. The molecule has 0 saturated carbocycles. The summed E-state index contributed by atoms with van der Waals surface area (Å²) in [5.41, 5.74) is 3.45. The first-order valence-electron chi connectivity index (χ1n) is 8.98. The van der Waals surface area contributed by atoms with Gasteiger partial charge in [0.2, 0.25) is 0 Å². The maximum absolute atomic E-state index is 12.2. The second-order valence-electron chi connectivity index (χ2n) is 6.25. The zero-order valence-electron chi connectivity index (χ0n) is 14.4. The van der Waals surface area contributed by atoms with Crippen molar-refractivity contribution in [1.82, 2.24) is 5.32 Å². The quantitative estimate of drug-likeness (QED) is 0.669. The maximum Gasteiger partial charge on any atom is 0.251 e. The van der Waals surface area contributed by atoms with Gasteiger partial charge in [-0.15, -0.1) is 23.5 Å². The first-order valence-corrected chi connectivity index (χ1v) is 11.1. The number of carbonyl (C=O) groups excluding carboxylic acids is 1. The highest BCUT2D eigenvalue weighted by Crippen LogP contribution is 2.43. The molecule has 0 aliphatic carbocycles. The van der Waals surface area contributed by atoms with Gasteiger partial charge in [0, 0.05) is 12.1 Å². The van der Waals surface area contributed by atoms with E-state index in [2.05, 4.69) is 41.7 Å². The van der Waals surface area contributed by atoms with E-state index in [4.69, 9.17) is 0 Å². The summed E-state index contributed by atoms with van der Waals surface area (Å²) in [4.78, 5) is 12.2. The zero-order valence-corrected chi connectivity index (χ0v) is 16.1. The molecule has 0 radical (unpaired) electrons. The fourth-order valence-corrected chi connectivity index (χ4v) is 5.77. The van der Waals surface area contributed by atoms with Crippen LogP contribution in [0.3, 0.4) is 0 Å². The molecular weight excluding hydrogens is 346 g/mol. The number of nitrogens with one attached hydrogen (secondary N) is 1.